The first-order valence-corrected chi connectivity index (χ1v) is 11.2. The minimum atomic E-state index is 0.0763. The van der Waals surface area contributed by atoms with E-state index in [9.17, 15) is 4.79 Å². The number of imidazole rings is 1. The number of hydrogen-bond donors (Lipinski definition) is 2. The van der Waals surface area contributed by atoms with Gasteiger partial charge in [0, 0.05) is 30.3 Å². The van der Waals surface area contributed by atoms with Crippen LogP contribution in [0.5, 0.6) is 11.6 Å². The number of aryl methyl sites for hydroxylation is 1. The number of aromatic nitrogens is 5. The average molecular weight is 447 g/mol. The quantitative estimate of drug-likeness (QED) is 0.444. The summed E-state index contributed by atoms with van der Waals surface area (Å²) in [6.07, 6.45) is 6.99. The largest absolute Gasteiger partial charge is 0.439 e. The summed E-state index contributed by atoms with van der Waals surface area (Å²) in [6, 6.07) is 9.15. The SMILES string of the molecule is CCn1c(-c2nonc2N)nc2cnc(Oc3cccc(NC(=O)C4CCCCC4)c3)cc21. The lowest BCUT2D eigenvalue weighted by Gasteiger charge is -2.20. The molecule has 0 aliphatic heterocycles. The number of hydrogen-bond acceptors (Lipinski definition) is 8. The first-order valence-electron chi connectivity index (χ1n) is 11.2. The van der Waals surface area contributed by atoms with Crippen LogP contribution in [0.3, 0.4) is 0 Å². The highest BCUT2D eigenvalue weighted by atomic mass is 16.6. The minimum absolute atomic E-state index is 0.0763. The normalized spacial score (nSPS) is 14.5. The molecule has 0 bridgehead atoms. The number of carbonyl (C=O) groups is 1. The number of ether oxygens (including phenoxy) is 1. The molecule has 0 spiro atoms. The Bertz CT molecular complexity index is 1290. The summed E-state index contributed by atoms with van der Waals surface area (Å²) in [5.74, 6) is 1.88. The molecule has 170 valence electrons. The van der Waals surface area contributed by atoms with Gasteiger partial charge in [0.1, 0.15) is 11.3 Å². The van der Waals surface area contributed by atoms with Gasteiger partial charge in [-0.25, -0.2) is 14.6 Å². The zero-order valence-electron chi connectivity index (χ0n) is 18.3. The number of benzene rings is 1. The Morgan fingerprint density at radius 3 is 2.85 bits per heavy atom. The molecule has 0 atom stereocenters. The van der Waals surface area contributed by atoms with Gasteiger partial charge in [0.15, 0.2) is 17.3 Å². The summed E-state index contributed by atoms with van der Waals surface area (Å²) in [4.78, 5) is 21.5. The monoisotopic (exact) mass is 447 g/mol. The predicted molar refractivity (Wildman–Crippen MR) is 123 cm³/mol. The highest BCUT2D eigenvalue weighted by Gasteiger charge is 2.21. The van der Waals surface area contributed by atoms with Crippen LogP contribution in [0.15, 0.2) is 41.2 Å². The molecule has 0 radical (unpaired) electrons. The molecule has 4 aromatic rings. The van der Waals surface area contributed by atoms with E-state index in [1.807, 2.05) is 35.8 Å². The first-order chi connectivity index (χ1) is 16.1. The van der Waals surface area contributed by atoms with Crippen LogP contribution >= 0.6 is 0 Å². The second kappa shape index (κ2) is 8.89. The van der Waals surface area contributed by atoms with E-state index in [-0.39, 0.29) is 17.6 Å². The van der Waals surface area contributed by atoms with Gasteiger partial charge < -0.3 is 20.4 Å². The molecule has 0 saturated heterocycles. The van der Waals surface area contributed by atoms with Crippen molar-refractivity contribution in [3.8, 4) is 23.1 Å². The zero-order chi connectivity index (χ0) is 22.8. The van der Waals surface area contributed by atoms with Crippen molar-refractivity contribution >= 4 is 28.4 Å². The fourth-order valence-corrected chi connectivity index (χ4v) is 4.28. The van der Waals surface area contributed by atoms with Crippen LogP contribution < -0.4 is 15.8 Å². The van der Waals surface area contributed by atoms with E-state index in [0.29, 0.717) is 40.9 Å². The molecule has 33 heavy (non-hydrogen) atoms. The number of nitrogens with two attached hydrogens (primary N) is 1. The molecule has 5 rings (SSSR count). The van der Waals surface area contributed by atoms with Crippen LogP contribution in [0.25, 0.3) is 22.6 Å². The molecule has 1 aliphatic rings. The van der Waals surface area contributed by atoms with Crippen molar-refractivity contribution in [2.45, 2.75) is 45.6 Å². The molecule has 1 saturated carbocycles. The number of nitrogens with zero attached hydrogens (tertiary/aromatic N) is 5. The molecule has 1 aliphatic carbocycles. The minimum Gasteiger partial charge on any atom is -0.439 e. The Kier molecular flexibility index (Phi) is 5.64. The average Bonchev–Trinajstić information content (AvgIpc) is 3.42. The van der Waals surface area contributed by atoms with E-state index in [0.717, 1.165) is 31.2 Å². The third-order valence-corrected chi connectivity index (χ3v) is 5.95. The Morgan fingerprint density at radius 2 is 2.09 bits per heavy atom. The van der Waals surface area contributed by atoms with Gasteiger partial charge in [-0.1, -0.05) is 25.3 Å². The number of carbonyl (C=O) groups excluding carboxylic acids is 1. The van der Waals surface area contributed by atoms with Crippen molar-refractivity contribution in [2.24, 2.45) is 5.92 Å². The lowest BCUT2D eigenvalue weighted by molar-refractivity contribution is -0.120. The summed E-state index contributed by atoms with van der Waals surface area (Å²) >= 11 is 0. The molecular formula is C23H25N7O3. The molecule has 3 aromatic heterocycles. The number of nitrogens with one attached hydrogen (secondary N) is 1. The summed E-state index contributed by atoms with van der Waals surface area (Å²) in [7, 11) is 0. The molecule has 1 fully saturated rings. The van der Waals surface area contributed by atoms with Crippen LogP contribution in [-0.4, -0.2) is 30.8 Å². The number of nitrogen functional groups attached to an aromatic ring is 1. The number of anilines is 2. The van der Waals surface area contributed by atoms with Gasteiger partial charge in [-0.05, 0) is 42.2 Å². The van der Waals surface area contributed by atoms with Crippen LogP contribution in [-0.2, 0) is 11.3 Å². The Morgan fingerprint density at radius 1 is 1.24 bits per heavy atom. The number of fused-ring (bicyclic) bond motifs is 1. The van der Waals surface area contributed by atoms with Crippen molar-refractivity contribution in [1.29, 1.82) is 0 Å². The molecule has 3 N–H and O–H groups in total. The van der Waals surface area contributed by atoms with Gasteiger partial charge in [-0.2, -0.15) is 0 Å². The van der Waals surface area contributed by atoms with Crippen molar-refractivity contribution in [3.05, 3.63) is 36.5 Å². The first kappa shape index (κ1) is 20.9. The third kappa shape index (κ3) is 4.23. The molecule has 10 heteroatoms. The summed E-state index contributed by atoms with van der Waals surface area (Å²) in [6.45, 7) is 2.62. The van der Waals surface area contributed by atoms with Gasteiger partial charge in [0.25, 0.3) is 0 Å². The zero-order valence-corrected chi connectivity index (χ0v) is 18.3. The van der Waals surface area contributed by atoms with Crippen LogP contribution in [0.4, 0.5) is 11.5 Å². The molecule has 0 unspecified atom stereocenters. The van der Waals surface area contributed by atoms with E-state index in [1.165, 1.54) is 6.42 Å². The van der Waals surface area contributed by atoms with Gasteiger partial charge in [-0.3, -0.25) is 4.79 Å². The highest BCUT2D eigenvalue weighted by Crippen LogP contribution is 2.30. The lowest BCUT2D eigenvalue weighted by atomic mass is 9.88. The van der Waals surface area contributed by atoms with Gasteiger partial charge in [0.05, 0.1) is 11.7 Å². The fourth-order valence-electron chi connectivity index (χ4n) is 4.28. The lowest BCUT2D eigenvalue weighted by Crippen LogP contribution is -2.24. The van der Waals surface area contributed by atoms with Crippen molar-refractivity contribution in [3.63, 3.8) is 0 Å². The highest BCUT2D eigenvalue weighted by molar-refractivity contribution is 5.92. The number of amides is 1. The molecule has 1 aromatic carbocycles. The second-order valence-electron chi connectivity index (χ2n) is 8.14. The summed E-state index contributed by atoms with van der Waals surface area (Å²) < 4.78 is 12.7. The van der Waals surface area contributed by atoms with Crippen LogP contribution in [0, 0.1) is 5.92 Å². The molecule has 1 amide bonds. The maximum Gasteiger partial charge on any atom is 0.227 e. The fraction of sp³-hybridized carbons (Fsp3) is 0.348. The molecule has 10 nitrogen and oxygen atoms in total. The van der Waals surface area contributed by atoms with Gasteiger partial charge in [-0.15, -0.1) is 0 Å². The molecule has 3 heterocycles. The Balaban J connectivity index is 1.37. The van der Waals surface area contributed by atoms with E-state index in [1.54, 1.807) is 12.3 Å². The van der Waals surface area contributed by atoms with Crippen molar-refractivity contribution in [1.82, 2.24) is 24.8 Å². The molecular weight excluding hydrogens is 422 g/mol. The van der Waals surface area contributed by atoms with E-state index in [2.05, 4.69) is 25.6 Å². The Hall–Kier alpha value is -3.95. The smallest absolute Gasteiger partial charge is 0.227 e. The van der Waals surface area contributed by atoms with Crippen molar-refractivity contribution in [2.75, 3.05) is 11.1 Å². The third-order valence-electron chi connectivity index (χ3n) is 5.95. The standard InChI is InChI=1S/C23H25N7O3/c1-2-30-18-12-19(25-13-17(18)27-22(30)20-21(24)29-33-28-20)32-16-10-6-9-15(11-16)26-23(31)14-7-4-3-5-8-14/h6,9-14H,2-5,7-8H2,1H3,(H2,24,29)(H,26,31). The van der Waals surface area contributed by atoms with E-state index < -0.39 is 0 Å². The number of pyridine rings is 1. The summed E-state index contributed by atoms with van der Waals surface area (Å²) in [5, 5.41) is 10.5. The maximum absolute atomic E-state index is 12.6. The van der Waals surface area contributed by atoms with E-state index >= 15 is 0 Å². The van der Waals surface area contributed by atoms with Crippen molar-refractivity contribution < 1.29 is 14.2 Å². The number of rotatable bonds is 6. The van der Waals surface area contributed by atoms with Gasteiger partial charge in [0.2, 0.25) is 11.8 Å². The van der Waals surface area contributed by atoms with Crippen LogP contribution in [0.2, 0.25) is 0 Å². The maximum atomic E-state index is 12.6. The topological polar surface area (TPSA) is 134 Å². The summed E-state index contributed by atoms with van der Waals surface area (Å²) in [5.41, 5.74) is 8.45. The van der Waals surface area contributed by atoms with Gasteiger partial charge >= 0.3 is 0 Å². The predicted octanol–water partition coefficient (Wildman–Crippen LogP) is 4.39. The Labute approximate surface area is 190 Å². The van der Waals surface area contributed by atoms with Crippen LogP contribution in [0.1, 0.15) is 39.0 Å². The van der Waals surface area contributed by atoms with E-state index in [4.69, 9.17) is 15.1 Å². The second-order valence-corrected chi connectivity index (χ2v) is 8.14.